The molecule has 0 atom stereocenters. The standard InChI is InChI=1S/C15H13FO/c16-14-9-7-13(8-10-14)15(17)11-6-12-4-2-1-3-5-12/h1-5,7-10H,6,11H2. The number of hydrogen-bond acceptors (Lipinski definition) is 1. The summed E-state index contributed by atoms with van der Waals surface area (Å²) in [7, 11) is 0. The molecule has 0 bridgehead atoms. The van der Waals surface area contributed by atoms with Gasteiger partial charge in [-0.15, -0.1) is 0 Å². The molecule has 0 radical (unpaired) electrons. The minimum Gasteiger partial charge on any atom is -0.294 e. The highest BCUT2D eigenvalue weighted by molar-refractivity contribution is 5.96. The predicted octanol–water partition coefficient (Wildman–Crippen LogP) is 3.64. The first-order valence-electron chi connectivity index (χ1n) is 5.58. The first-order chi connectivity index (χ1) is 8.25. The molecule has 2 heteroatoms. The molecule has 0 fully saturated rings. The van der Waals surface area contributed by atoms with Crippen LogP contribution in [0.1, 0.15) is 22.3 Å². The summed E-state index contributed by atoms with van der Waals surface area (Å²) >= 11 is 0. The van der Waals surface area contributed by atoms with Gasteiger partial charge in [-0.25, -0.2) is 4.39 Å². The highest BCUT2D eigenvalue weighted by Gasteiger charge is 2.05. The summed E-state index contributed by atoms with van der Waals surface area (Å²) in [6.45, 7) is 0. The Hall–Kier alpha value is -1.96. The number of rotatable bonds is 4. The number of Topliss-reactive ketones (excluding diaryl/α,β-unsaturated/α-hetero) is 1. The summed E-state index contributed by atoms with van der Waals surface area (Å²) in [6, 6.07) is 15.5. The van der Waals surface area contributed by atoms with E-state index in [0.717, 1.165) is 12.0 Å². The van der Waals surface area contributed by atoms with Crippen LogP contribution in [0.25, 0.3) is 0 Å². The zero-order valence-electron chi connectivity index (χ0n) is 9.40. The Balaban J connectivity index is 1.96. The quantitative estimate of drug-likeness (QED) is 0.730. The summed E-state index contributed by atoms with van der Waals surface area (Å²) in [6.07, 6.45) is 1.17. The predicted molar refractivity (Wildman–Crippen MR) is 65.5 cm³/mol. The van der Waals surface area contributed by atoms with E-state index in [-0.39, 0.29) is 11.6 Å². The maximum Gasteiger partial charge on any atom is 0.163 e. The molecule has 0 saturated heterocycles. The van der Waals surface area contributed by atoms with Gasteiger partial charge in [0.15, 0.2) is 5.78 Å². The molecule has 0 unspecified atom stereocenters. The minimum absolute atomic E-state index is 0.0499. The maximum atomic E-state index is 12.7. The largest absolute Gasteiger partial charge is 0.294 e. The fraction of sp³-hybridized carbons (Fsp3) is 0.133. The van der Waals surface area contributed by atoms with Crippen molar-refractivity contribution in [3.63, 3.8) is 0 Å². The lowest BCUT2D eigenvalue weighted by Gasteiger charge is -2.01. The Labute approximate surface area is 99.9 Å². The number of aryl methyl sites for hydroxylation is 1. The minimum atomic E-state index is -0.315. The van der Waals surface area contributed by atoms with E-state index in [9.17, 15) is 9.18 Å². The van der Waals surface area contributed by atoms with Gasteiger partial charge < -0.3 is 0 Å². The summed E-state index contributed by atoms with van der Waals surface area (Å²) in [5.41, 5.74) is 1.71. The number of ketones is 1. The van der Waals surface area contributed by atoms with Gasteiger partial charge in [0.2, 0.25) is 0 Å². The molecule has 0 aromatic heterocycles. The number of carbonyl (C=O) groups is 1. The van der Waals surface area contributed by atoms with E-state index in [2.05, 4.69) is 0 Å². The van der Waals surface area contributed by atoms with Gasteiger partial charge in [-0.3, -0.25) is 4.79 Å². The van der Waals surface area contributed by atoms with Crippen LogP contribution in [0, 0.1) is 5.82 Å². The molecule has 86 valence electrons. The van der Waals surface area contributed by atoms with Gasteiger partial charge in [0.25, 0.3) is 0 Å². The molecule has 0 saturated carbocycles. The van der Waals surface area contributed by atoms with Crippen molar-refractivity contribution in [3.05, 3.63) is 71.5 Å². The zero-order valence-corrected chi connectivity index (χ0v) is 9.40. The van der Waals surface area contributed by atoms with Gasteiger partial charge in [0.1, 0.15) is 5.82 Å². The molecule has 0 spiro atoms. The number of benzene rings is 2. The van der Waals surface area contributed by atoms with Gasteiger partial charge >= 0.3 is 0 Å². The van der Waals surface area contributed by atoms with Crippen LogP contribution in [-0.4, -0.2) is 5.78 Å². The van der Waals surface area contributed by atoms with Crippen LogP contribution in [0.5, 0.6) is 0 Å². The summed E-state index contributed by atoms with van der Waals surface area (Å²) in [4.78, 5) is 11.8. The zero-order chi connectivity index (χ0) is 12.1. The van der Waals surface area contributed by atoms with Gasteiger partial charge in [-0.05, 0) is 36.2 Å². The van der Waals surface area contributed by atoms with E-state index in [4.69, 9.17) is 0 Å². The van der Waals surface area contributed by atoms with Crippen molar-refractivity contribution < 1.29 is 9.18 Å². The van der Waals surface area contributed by atoms with Crippen LogP contribution in [0.15, 0.2) is 54.6 Å². The topological polar surface area (TPSA) is 17.1 Å². The molecular formula is C15H13FO. The highest BCUT2D eigenvalue weighted by Crippen LogP contribution is 2.09. The average molecular weight is 228 g/mol. The summed E-state index contributed by atoms with van der Waals surface area (Å²) < 4.78 is 12.7. The second kappa shape index (κ2) is 5.39. The summed E-state index contributed by atoms with van der Waals surface area (Å²) in [5.74, 6) is -0.265. The van der Waals surface area contributed by atoms with Gasteiger partial charge in [-0.1, -0.05) is 30.3 Å². The molecule has 17 heavy (non-hydrogen) atoms. The molecule has 0 amide bonds. The van der Waals surface area contributed by atoms with Crippen LogP contribution < -0.4 is 0 Å². The van der Waals surface area contributed by atoms with Gasteiger partial charge in [-0.2, -0.15) is 0 Å². The van der Waals surface area contributed by atoms with Crippen LogP contribution in [0.3, 0.4) is 0 Å². The molecule has 0 aliphatic heterocycles. The van der Waals surface area contributed by atoms with Crippen LogP contribution in [-0.2, 0) is 6.42 Å². The third-order valence-electron chi connectivity index (χ3n) is 2.65. The number of hydrogen-bond donors (Lipinski definition) is 0. The van der Waals surface area contributed by atoms with E-state index in [1.807, 2.05) is 30.3 Å². The van der Waals surface area contributed by atoms with Gasteiger partial charge in [0, 0.05) is 12.0 Å². The van der Waals surface area contributed by atoms with E-state index in [0.29, 0.717) is 12.0 Å². The second-order valence-electron chi connectivity index (χ2n) is 3.92. The average Bonchev–Trinajstić information content (AvgIpc) is 2.38. The molecule has 0 aliphatic rings. The lowest BCUT2D eigenvalue weighted by molar-refractivity contribution is 0.0983. The summed E-state index contributed by atoms with van der Waals surface area (Å²) in [5, 5.41) is 0. The second-order valence-corrected chi connectivity index (χ2v) is 3.92. The molecule has 0 aliphatic carbocycles. The van der Waals surface area contributed by atoms with E-state index in [1.165, 1.54) is 24.3 Å². The third kappa shape index (κ3) is 3.25. The molecule has 0 N–H and O–H groups in total. The van der Waals surface area contributed by atoms with Crippen molar-refractivity contribution in [2.75, 3.05) is 0 Å². The van der Waals surface area contributed by atoms with Crippen molar-refractivity contribution >= 4 is 5.78 Å². The Morgan fingerprint density at radius 2 is 1.59 bits per heavy atom. The first kappa shape index (κ1) is 11.5. The molecular weight excluding hydrogens is 215 g/mol. The number of carbonyl (C=O) groups excluding carboxylic acids is 1. The highest BCUT2D eigenvalue weighted by atomic mass is 19.1. The smallest absolute Gasteiger partial charge is 0.163 e. The fourth-order valence-corrected chi connectivity index (χ4v) is 1.68. The van der Waals surface area contributed by atoms with Crippen molar-refractivity contribution in [2.45, 2.75) is 12.8 Å². The monoisotopic (exact) mass is 228 g/mol. The maximum absolute atomic E-state index is 12.7. The lowest BCUT2D eigenvalue weighted by Crippen LogP contribution is -2.01. The normalized spacial score (nSPS) is 10.2. The van der Waals surface area contributed by atoms with Crippen LogP contribution in [0.2, 0.25) is 0 Å². The third-order valence-corrected chi connectivity index (χ3v) is 2.65. The van der Waals surface area contributed by atoms with E-state index in [1.54, 1.807) is 0 Å². The Kier molecular flexibility index (Phi) is 3.66. The van der Waals surface area contributed by atoms with E-state index >= 15 is 0 Å². The van der Waals surface area contributed by atoms with Gasteiger partial charge in [0.05, 0.1) is 0 Å². The Bertz CT molecular complexity index is 488. The number of halogens is 1. The van der Waals surface area contributed by atoms with Crippen molar-refractivity contribution in [1.82, 2.24) is 0 Å². The molecule has 2 rings (SSSR count). The molecule has 2 aromatic carbocycles. The van der Waals surface area contributed by atoms with Crippen molar-refractivity contribution in [2.24, 2.45) is 0 Å². The van der Waals surface area contributed by atoms with Crippen molar-refractivity contribution in [3.8, 4) is 0 Å². The van der Waals surface area contributed by atoms with E-state index < -0.39 is 0 Å². The Morgan fingerprint density at radius 3 is 2.24 bits per heavy atom. The first-order valence-corrected chi connectivity index (χ1v) is 5.58. The van der Waals surface area contributed by atoms with Crippen LogP contribution >= 0.6 is 0 Å². The SMILES string of the molecule is O=C(CCc1ccccc1)c1ccc(F)cc1. The molecule has 2 aromatic rings. The Morgan fingerprint density at radius 1 is 0.941 bits per heavy atom. The fourth-order valence-electron chi connectivity index (χ4n) is 1.68. The molecule has 1 nitrogen and oxygen atoms in total. The van der Waals surface area contributed by atoms with Crippen molar-refractivity contribution in [1.29, 1.82) is 0 Å². The van der Waals surface area contributed by atoms with Crippen LogP contribution in [0.4, 0.5) is 4.39 Å². The molecule has 0 heterocycles. The lowest BCUT2D eigenvalue weighted by atomic mass is 10.0.